The number of aromatic nitrogens is 1. The average molecular weight is 376 g/mol. The molecule has 1 amide bonds. The van der Waals surface area contributed by atoms with Crippen molar-refractivity contribution in [3.63, 3.8) is 0 Å². The van der Waals surface area contributed by atoms with Crippen molar-refractivity contribution in [3.8, 4) is 11.5 Å². The van der Waals surface area contributed by atoms with E-state index in [1.807, 2.05) is 29.2 Å². The molecule has 5 rings (SSSR count). The minimum atomic E-state index is 0.176. The van der Waals surface area contributed by atoms with Crippen molar-refractivity contribution in [1.29, 1.82) is 0 Å². The van der Waals surface area contributed by atoms with Gasteiger partial charge in [-0.25, -0.2) is 0 Å². The Morgan fingerprint density at radius 1 is 1.29 bits per heavy atom. The maximum absolute atomic E-state index is 13.0. The minimum absolute atomic E-state index is 0.176. The number of nitrogens with one attached hydrogen (secondary N) is 1. The van der Waals surface area contributed by atoms with Crippen LogP contribution in [-0.4, -0.2) is 35.5 Å². The molecule has 0 unspecified atom stereocenters. The van der Waals surface area contributed by atoms with E-state index in [1.165, 1.54) is 16.8 Å². The lowest BCUT2D eigenvalue weighted by Gasteiger charge is -2.27. The summed E-state index contributed by atoms with van der Waals surface area (Å²) in [5.74, 6) is 1.97. The van der Waals surface area contributed by atoms with E-state index in [1.54, 1.807) is 7.11 Å². The van der Waals surface area contributed by atoms with Crippen molar-refractivity contribution < 1.29 is 14.3 Å². The number of aromatic amines is 1. The molecule has 2 aliphatic rings. The number of carbonyl (C=O) groups is 1. The van der Waals surface area contributed by atoms with Crippen molar-refractivity contribution in [3.05, 3.63) is 58.8 Å². The number of H-pyrrole nitrogens is 1. The quantitative estimate of drug-likeness (QED) is 0.760. The molecule has 1 atom stereocenters. The molecule has 3 heterocycles. The number of methoxy groups -OCH3 is 1. The lowest BCUT2D eigenvalue weighted by Crippen LogP contribution is -2.36. The molecule has 0 saturated heterocycles. The number of ether oxygens (including phenoxy) is 2. The van der Waals surface area contributed by atoms with Crippen LogP contribution in [0, 0.1) is 0 Å². The zero-order chi connectivity index (χ0) is 19.3. The Kier molecular flexibility index (Phi) is 4.04. The third kappa shape index (κ3) is 2.91. The Labute approximate surface area is 164 Å². The second-order valence-corrected chi connectivity index (χ2v) is 7.81. The monoisotopic (exact) mass is 376 g/mol. The first-order chi connectivity index (χ1) is 13.6. The van der Waals surface area contributed by atoms with E-state index in [9.17, 15) is 4.79 Å². The van der Waals surface area contributed by atoms with Crippen LogP contribution < -0.4 is 9.47 Å². The molecule has 3 aromatic rings. The summed E-state index contributed by atoms with van der Waals surface area (Å²) in [6.07, 6.45) is 2.43. The van der Waals surface area contributed by atoms with E-state index in [2.05, 4.69) is 24.0 Å². The van der Waals surface area contributed by atoms with Gasteiger partial charge in [0.2, 0.25) is 5.91 Å². The molecule has 5 nitrogen and oxygen atoms in total. The van der Waals surface area contributed by atoms with Crippen molar-refractivity contribution in [1.82, 2.24) is 9.88 Å². The Hall–Kier alpha value is -2.95. The first kappa shape index (κ1) is 17.2. The van der Waals surface area contributed by atoms with Crippen LogP contribution in [0.1, 0.15) is 29.3 Å². The predicted molar refractivity (Wildman–Crippen MR) is 108 cm³/mol. The molecular formula is C23H24N2O3. The molecule has 5 heteroatoms. The van der Waals surface area contributed by atoms with Gasteiger partial charge >= 0.3 is 0 Å². The maximum Gasteiger partial charge on any atom is 0.227 e. The number of hydrogen-bond acceptors (Lipinski definition) is 3. The second kappa shape index (κ2) is 6.59. The smallest absolute Gasteiger partial charge is 0.227 e. The summed E-state index contributed by atoms with van der Waals surface area (Å²) in [5.41, 5.74) is 5.82. The normalized spacial score (nSPS) is 17.9. The summed E-state index contributed by atoms with van der Waals surface area (Å²) in [4.78, 5) is 18.5. The molecule has 28 heavy (non-hydrogen) atoms. The molecule has 2 aromatic carbocycles. The van der Waals surface area contributed by atoms with Gasteiger partial charge in [0.15, 0.2) is 0 Å². The highest BCUT2D eigenvalue weighted by Gasteiger charge is 2.25. The molecular weight excluding hydrogens is 352 g/mol. The SMILES string of the molecule is COc1ccc2[nH]c3c(c2c1)CN(C(=O)Cc1ccc2c(c1)C[C@H](C)O2)CC3. The van der Waals surface area contributed by atoms with Crippen molar-refractivity contribution in [2.75, 3.05) is 13.7 Å². The van der Waals surface area contributed by atoms with Crippen molar-refractivity contribution in [2.45, 2.75) is 38.8 Å². The largest absolute Gasteiger partial charge is 0.497 e. The minimum Gasteiger partial charge on any atom is -0.497 e. The van der Waals surface area contributed by atoms with Gasteiger partial charge in [0.05, 0.1) is 13.5 Å². The molecule has 0 aliphatic carbocycles. The standard InChI is InChI=1S/C23H24N2O3/c1-14-9-16-10-15(3-6-22(16)28-14)11-23(26)25-8-7-21-19(13-25)18-12-17(27-2)4-5-20(18)24-21/h3-6,10,12,14,24H,7-9,11,13H2,1-2H3/t14-/m0/s1. The Morgan fingerprint density at radius 2 is 2.18 bits per heavy atom. The molecule has 0 spiro atoms. The van der Waals surface area contributed by atoms with Crippen LogP contribution in [0.4, 0.5) is 0 Å². The van der Waals surface area contributed by atoms with Crippen LogP contribution >= 0.6 is 0 Å². The maximum atomic E-state index is 13.0. The molecule has 0 fully saturated rings. The summed E-state index contributed by atoms with van der Waals surface area (Å²) >= 11 is 0. The first-order valence-electron chi connectivity index (χ1n) is 9.84. The lowest BCUT2D eigenvalue weighted by molar-refractivity contribution is -0.131. The zero-order valence-corrected chi connectivity index (χ0v) is 16.2. The summed E-state index contributed by atoms with van der Waals surface area (Å²) in [6, 6.07) is 12.2. The molecule has 2 aliphatic heterocycles. The summed E-state index contributed by atoms with van der Waals surface area (Å²) in [5, 5.41) is 1.15. The molecule has 1 N–H and O–H groups in total. The Bertz CT molecular complexity index is 1070. The fourth-order valence-electron chi connectivity index (χ4n) is 4.40. The van der Waals surface area contributed by atoms with Crippen molar-refractivity contribution in [2.24, 2.45) is 0 Å². The van der Waals surface area contributed by atoms with Gasteiger partial charge in [-0.05, 0) is 42.3 Å². The van der Waals surface area contributed by atoms with E-state index >= 15 is 0 Å². The van der Waals surface area contributed by atoms with Gasteiger partial charge in [0.25, 0.3) is 0 Å². The lowest BCUT2D eigenvalue weighted by atomic mass is 10.0. The highest BCUT2D eigenvalue weighted by Crippen LogP contribution is 2.32. The first-order valence-corrected chi connectivity index (χ1v) is 9.84. The number of fused-ring (bicyclic) bond motifs is 4. The number of amides is 1. The van der Waals surface area contributed by atoms with E-state index in [-0.39, 0.29) is 12.0 Å². The Morgan fingerprint density at radius 3 is 3.04 bits per heavy atom. The highest BCUT2D eigenvalue weighted by molar-refractivity contribution is 5.87. The fraction of sp³-hybridized carbons (Fsp3) is 0.348. The third-order valence-corrected chi connectivity index (χ3v) is 5.85. The third-order valence-electron chi connectivity index (χ3n) is 5.85. The van der Waals surface area contributed by atoms with Gasteiger partial charge in [-0.1, -0.05) is 12.1 Å². The van der Waals surface area contributed by atoms with Gasteiger partial charge in [-0.3, -0.25) is 4.79 Å². The number of nitrogens with zero attached hydrogens (tertiary/aromatic N) is 1. The van der Waals surface area contributed by atoms with Gasteiger partial charge in [-0.2, -0.15) is 0 Å². The highest BCUT2D eigenvalue weighted by atomic mass is 16.5. The molecule has 0 saturated carbocycles. The van der Waals surface area contributed by atoms with Crippen LogP contribution in [0.3, 0.4) is 0 Å². The molecule has 144 valence electrons. The number of hydrogen-bond donors (Lipinski definition) is 1. The second-order valence-electron chi connectivity index (χ2n) is 7.81. The van der Waals surface area contributed by atoms with Gasteiger partial charge in [-0.15, -0.1) is 0 Å². The molecule has 1 aromatic heterocycles. The molecule has 0 radical (unpaired) electrons. The summed E-state index contributed by atoms with van der Waals surface area (Å²) in [7, 11) is 1.68. The van der Waals surface area contributed by atoms with Crippen LogP contribution in [0.25, 0.3) is 10.9 Å². The van der Waals surface area contributed by atoms with Gasteiger partial charge < -0.3 is 19.4 Å². The Balaban J connectivity index is 1.36. The van der Waals surface area contributed by atoms with Gasteiger partial charge in [0.1, 0.15) is 17.6 Å². The van der Waals surface area contributed by atoms with Gasteiger partial charge in [0, 0.05) is 48.1 Å². The number of carbonyl (C=O) groups excluding carboxylic acids is 1. The van der Waals surface area contributed by atoms with Crippen LogP contribution in [-0.2, 0) is 30.6 Å². The van der Waals surface area contributed by atoms with E-state index in [0.29, 0.717) is 13.0 Å². The van der Waals surface area contributed by atoms with Crippen molar-refractivity contribution >= 4 is 16.8 Å². The topological polar surface area (TPSA) is 54.6 Å². The number of rotatable bonds is 3. The van der Waals surface area contributed by atoms with Crippen LogP contribution in [0.2, 0.25) is 0 Å². The summed E-state index contributed by atoms with van der Waals surface area (Å²) in [6.45, 7) is 3.47. The number of benzene rings is 2. The van der Waals surface area contributed by atoms with E-state index in [4.69, 9.17) is 9.47 Å². The fourth-order valence-corrected chi connectivity index (χ4v) is 4.40. The van der Waals surface area contributed by atoms with E-state index in [0.717, 1.165) is 47.4 Å². The zero-order valence-electron chi connectivity index (χ0n) is 16.2. The average Bonchev–Trinajstić information content (AvgIpc) is 3.25. The predicted octanol–water partition coefficient (Wildman–Crippen LogP) is 3.63. The molecule has 0 bridgehead atoms. The van der Waals surface area contributed by atoms with Crippen LogP contribution in [0.5, 0.6) is 11.5 Å². The summed E-state index contributed by atoms with van der Waals surface area (Å²) < 4.78 is 11.1. The van der Waals surface area contributed by atoms with Crippen LogP contribution in [0.15, 0.2) is 36.4 Å². The van der Waals surface area contributed by atoms with E-state index < -0.39 is 0 Å².